The molecule has 0 unspecified atom stereocenters. The second-order valence-corrected chi connectivity index (χ2v) is 4.79. The van der Waals surface area contributed by atoms with Crippen molar-refractivity contribution in [1.29, 1.82) is 0 Å². The van der Waals surface area contributed by atoms with Gasteiger partial charge in [-0.15, -0.1) is 0 Å². The molecule has 0 radical (unpaired) electrons. The average Bonchev–Trinajstić information content (AvgIpc) is 2.28. The van der Waals surface area contributed by atoms with Gasteiger partial charge in [0.15, 0.2) is 16.8 Å². The first-order chi connectivity index (χ1) is 8.47. The van der Waals surface area contributed by atoms with Crippen molar-refractivity contribution in [2.75, 3.05) is 5.73 Å². The lowest BCUT2D eigenvalue weighted by Crippen LogP contribution is -1.98. The monoisotopic (exact) mass is 267 g/mol. The van der Waals surface area contributed by atoms with Gasteiger partial charge in [-0.25, -0.2) is 18.7 Å². The number of aryl methyl sites for hydroxylation is 2. The molecule has 2 aromatic rings. The zero-order valence-electron chi connectivity index (χ0n) is 9.87. The molecule has 0 bridgehead atoms. The number of benzene rings is 1. The van der Waals surface area contributed by atoms with Crippen LogP contribution in [-0.2, 0) is 0 Å². The first-order valence-corrected chi connectivity index (χ1v) is 6.02. The molecule has 0 saturated carbocycles. The summed E-state index contributed by atoms with van der Waals surface area (Å²) in [6.45, 7) is 3.62. The van der Waals surface area contributed by atoms with E-state index in [1.807, 2.05) is 13.8 Å². The van der Waals surface area contributed by atoms with E-state index in [1.165, 1.54) is 6.07 Å². The van der Waals surface area contributed by atoms with Gasteiger partial charge in [0.05, 0.1) is 4.90 Å². The van der Waals surface area contributed by atoms with Gasteiger partial charge in [0.1, 0.15) is 0 Å². The summed E-state index contributed by atoms with van der Waals surface area (Å²) in [6, 6.07) is 4.12. The van der Waals surface area contributed by atoms with Crippen LogP contribution in [0.4, 0.5) is 14.5 Å². The van der Waals surface area contributed by atoms with E-state index in [0.29, 0.717) is 5.16 Å². The molecule has 2 N–H and O–H groups in total. The predicted molar refractivity (Wildman–Crippen MR) is 66.4 cm³/mol. The van der Waals surface area contributed by atoms with Gasteiger partial charge in [-0.05, 0) is 43.8 Å². The molecule has 0 amide bonds. The molecule has 0 fully saturated rings. The van der Waals surface area contributed by atoms with Crippen LogP contribution in [0.5, 0.6) is 0 Å². The van der Waals surface area contributed by atoms with Crippen molar-refractivity contribution in [2.24, 2.45) is 0 Å². The van der Waals surface area contributed by atoms with E-state index in [0.717, 1.165) is 29.2 Å². The minimum atomic E-state index is -0.970. The number of hydrogen-bond donors (Lipinski definition) is 1. The van der Waals surface area contributed by atoms with Gasteiger partial charge in [0.2, 0.25) is 0 Å². The number of aromatic nitrogens is 2. The van der Waals surface area contributed by atoms with E-state index < -0.39 is 11.6 Å². The van der Waals surface area contributed by atoms with Gasteiger partial charge in [0.25, 0.3) is 0 Å². The summed E-state index contributed by atoms with van der Waals surface area (Å²) in [5.41, 5.74) is 7.33. The van der Waals surface area contributed by atoms with Gasteiger partial charge in [0, 0.05) is 17.1 Å². The molecule has 1 aromatic heterocycles. The van der Waals surface area contributed by atoms with Gasteiger partial charge < -0.3 is 5.73 Å². The van der Waals surface area contributed by atoms with E-state index >= 15 is 0 Å². The third kappa shape index (κ3) is 2.59. The van der Waals surface area contributed by atoms with E-state index in [2.05, 4.69) is 9.97 Å². The van der Waals surface area contributed by atoms with Gasteiger partial charge in [-0.2, -0.15) is 0 Å². The van der Waals surface area contributed by atoms with Crippen molar-refractivity contribution in [3.05, 3.63) is 41.2 Å². The van der Waals surface area contributed by atoms with Crippen LogP contribution in [0.15, 0.2) is 28.3 Å². The van der Waals surface area contributed by atoms with Crippen LogP contribution in [0, 0.1) is 25.5 Å². The van der Waals surface area contributed by atoms with Crippen LogP contribution in [0.2, 0.25) is 0 Å². The molecule has 94 valence electrons. The van der Waals surface area contributed by atoms with Crippen molar-refractivity contribution >= 4 is 17.4 Å². The number of hydrogen-bond acceptors (Lipinski definition) is 4. The Kier molecular flexibility index (Phi) is 3.47. The van der Waals surface area contributed by atoms with Crippen LogP contribution in [-0.4, -0.2) is 9.97 Å². The highest BCUT2D eigenvalue weighted by atomic mass is 32.2. The maximum atomic E-state index is 13.6. The molecule has 0 aliphatic carbocycles. The molecule has 3 nitrogen and oxygen atoms in total. The minimum Gasteiger partial charge on any atom is -0.398 e. The van der Waals surface area contributed by atoms with E-state index in [4.69, 9.17) is 5.73 Å². The Morgan fingerprint density at radius 3 is 2.33 bits per heavy atom. The molecule has 6 heteroatoms. The lowest BCUT2D eigenvalue weighted by atomic mass is 10.3. The zero-order chi connectivity index (χ0) is 13.3. The average molecular weight is 267 g/mol. The molecular formula is C12H11F2N3S. The topological polar surface area (TPSA) is 51.8 Å². The number of nitrogens with zero attached hydrogens (tertiary/aromatic N) is 2. The Balaban J connectivity index is 2.42. The highest BCUT2D eigenvalue weighted by Gasteiger charge is 2.15. The molecule has 0 spiro atoms. The normalized spacial score (nSPS) is 10.7. The summed E-state index contributed by atoms with van der Waals surface area (Å²) in [5, 5.41) is 0.351. The van der Waals surface area contributed by atoms with E-state index in [-0.39, 0.29) is 10.6 Å². The highest BCUT2D eigenvalue weighted by molar-refractivity contribution is 7.99. The number of rotatable bonds is 2. The third-order valence-corrected chi connectivity index (χ3v) is 3.22. The van der Waals surface area contributed by atoms with Crippen LogP contribution in [0.3, 0.4) is 0 Å². The number of anilines is 1. The van der Waals surface area contributed by atoms with Crippen molar-refractivity contribution in [3.63, 3.8) is 0 Å². The second kappa shape index (κ2) is 4.89. The summed E-state index contributed by atoms with van der Waals surface area (Å²) >= 11 is 0.921. The zero-order valence-corrected chi connectivity index (χ0v) is 10.7. The van der Waals surface area contributed by atoms with Gasteiger partial charge in [-0.3, -0.25) is 0 Å². The lowest BCUT2D eigenvalue weighted by Gasteiger charge is -2.07. The molecule has 18 heavy (non-hydrogen) atoms. The maximum absolute atomic E-state index is 13.6. The maximum Gasteiger partial charge on any atom is 0.193 e. The lowest BCUT2D eigenvalue weighted by molar-refractivity contribution is 0.492. The minimum absolute atomic E-state index is 0.0139. The summed E-state index contributed by atoms with van der Waals surface area (Å²) in [5.74, 6) is -1.90. The molecular weight excluding hydrogens is 256 g/mol. The Hall–Kier alpha value is -1.69. The summed E-state index contributed by atoms with van der Waals surface area (Å²) in [4.78, 5) is 8.31. The van der Waals surface area contributed by atoms with Crippen LogP contribution < -0.4 is 5.73 Å². The first kappa shape index (κ1) is 12.8. The summed E-state index contributed by atoms with van der Waals surface area (Å²) in [7, 11) is 0. The van der Waals surface area contributed by atoms with Crippen LogP contribution >= 0.6 is 11.8 Å². The Morgan fingerprint density at radius 2 is 1.72 bits per heavy atom. The third-order valence-electron chi connectivity index (χ3n) is 2.24. The van der Waals surface area contributed by atoms with Gasteiger partial charge in [-0.1, -0.05) is 0 Å². The smallest absolute Gasteiger partial charge is 0.193 e. The summed E-state index contributed by atoms with van der Waals surface area (Å²) in [6.07, 6.45) is 0. The molecule has 1 aromatic carbocycles. The molecule has 0 saturated heterocycles. The standard InChI is InChI=1S/C12H11F2N3S/c1-6-5-7(2)17-12(16-6)18-11-9(15)4-3-8(13)10(11)14/h3-5H,15H2,1-2H3. The van der Waals surface area contributed by atoms with Crippen LogP contribution in [0.1, 0.15) is 11.4 Å². The van der Waals surface area contributed by atoms with E-state index in [9.17, 15) is 8.78 Å². The Morgan fingerprint density at radius 1 is 1.11 bits per heavy atom. The van der Waals surface area contributed by atoms with E-state index in [1.54, 1.807) is 6.07 Å². The number of halogens is 2. The molecule has 2 rings (SSSR count). The largest absolute Gasteiger partial charge is 0.398 e. The van der Waals surface area contributed by atoms with Crippen molar-refractivity contribution < 1.29 is 8.78 Å². The number of nitrogens with two attached hydrogens (primary N) is 1. The fourth-order valence-corrected chi connectivity index (χ4v) is 2.42. The summed E-state index contributed by atoms with van der Waals surface area (Å²) < 4.78 is 26.8. The second-order valence-electron chi connectivity index (χ2n) is 3.82. The SMILES string of the molecule is Cc1cc(C)nc(Sc2c(N)ccc(F)c2F)n1. The molecule has 0 aliphatic heterocycles. The molecule has 0 aliphatic rings. The van der Waals surface area contributed by atoms with Crippen LogP contribution in [0.25, 0.3) is 0 Å². The van der Waals surface area contributed by atoms with Crippen molar-refractivity contribution in [2.45, 2.75) is 23.9 Å². The number of nitrogen functional groups attached to an aromatic ring is 1. The fraction of sp³-hybridized carbons (Fsp3) is 0.167. The molecule has 0 atom stereocenters. The van der Waals surface area contributed by atoms with Gasteiger partial charge >= 0.3 is 0 Å². The highest BCUT2D eigenvalue weighted by Crippen LogP contribution is 2.33. The van der Waals surface area contributed by atoms with Crippen molar-refractivity contribution in [1.82, 2.24) is 9.97 Å². The first-order valence-electron chi connectivity index (χ1n) is 5.21. The molecule has 1 heterocycles. The van der Waals surface area contributed by atoms with Crippen molar-refractivity contribution in [3.8, 4) is 0 Å². The fourth-order valence-electron chi connectivity index (χ4n) is 1.48. The Bertz CT molecular complexity index is 582. The quantitative estimate of drug-likeness (QED) is 0.671. The predicted octanol–water partition coefficient (Wildman–Crippen LogP) is 3.11. The Labute approximate surface area is 107 Å².